The molecule has 0 aromatic rings. The van der Waals surface area contributed by atoms with Crippen LogP contribution in [0.25, 0.3) is 0 Å². The maximum atomic E-state index is 2.49. The highest BCUT2D eigenvalue weighted by molar-refractivity contribution is 4.65. The Morgan fingerprint density at radius 1 is 0.923 bits per heavy atom. The van der Waals surface area contributed by atoms with Crippen LogP contribution in [0, 0.1) is 11.8 Å². The lowest BCUT2D eigenvalue weighted by Gasteiger charge is -2.26. The molecule has 0 rings (SSSR count). The van der Waals surface area contributed by atoms with Crippen molar-refractivity contribution in [3.05, 3.63) is 0 Å². The summed E-state index contributed by atoms with van der Waals surface area (Å²) in [6.45, 7) is 12.8. The molecule has 1 unspecified atom stereocenters. The molecule has 0 fully saturated rings. The molecule has 0 saturated carbocycles. The third kappa shape index (κ3) is 7.06. The standard InChI is InChI=1S/C12H27N/c1-10(2)7-8-13(6)12(5)9-11(3)4/h10-12H,7-9H2,1-6H3. The lowest BCUT2D eigenvalue weighted by atomic mass is 10.0. The molecule has 1 heteroatoms. The SMILES string of the molecule is CC(C)CCN(C)C(C)CC(C)C. The molecule has 0 aromatic carbocycles. The third-order valence-corrected chi connectivity index (χ3v) is 2.62. The molecule has 0 aliphatic carbocycles. The molecule has 1 nitrogen and oxygen atoms in total. The Morgan fingerprint density at radius 3 is 1.85 bits per heavy atom. The van der Waals surface area contributed by atoms with Crippen LogP contribution < -0.4 is 0 Å². The molecule has 13 heavy (non-hydrogen) atoms. The Kier molecular flexibility index (Phi) is 6.40. The van der Waals surface area contributed by atoms with Crippen molar-refractivity contribution in [1.29, 1.82) is 0 Å². The molecule has 0 aliphatic heterocycles. The Balaban J connectivity index is 3.62. The largest absolute Gasteiger partial charge is 0.304 e. The zero-order valence-electron chi connectivity index (χ0n) is 10.3. The molecule has 0 spiro atoms. The fraction of sp³-hybridized carbons (Fsp3) is 1.00. The second-order valence-electron chi connectivity index (χ2n) is 5.14. The first-order valence-corrected chi connectivity index (χ1v) is 5.63. The smallest absolute Gasteiger partial charge is 0.00663 e. The molecule has 0 aliphatic rings. The first-order chi connectivity index (χ1) is 5.93. The van der Waals surface area contributed by atoms with Gasteiger partial charge in [-0.15, -0.1) is 0 Å². The van der Waals surface area contributed by atoms with Gasteiger partial charge >= 0.3 is 0 Å². The van der Waals surface area contributed by atoms with E-state index in [1.807, 2.05) is 0 Å². The van der Waals surface area contributed by atoms with Crippen LogP contribution in [-0.4, -0.2) is 24.5 Å². The molecule has 0 saturated heterocycles. The Morgan fingerprint density at radius 2 is 1.46 bits per heavy atom. The van der Waals surface area contributed by atoms with E-state index in [0.29, 0.717) is 0 Å². The van der Waals surface area contributed by atoms with Gasteiger partial charge in [-0.05, 0) is 45.2 Å². The van der Waals surface area contributed by atoms with E-state index >= 15 is 0 Å². The number of hydrogen-bond acceptors (Lipinski definition) is 1. The third-order valence-electron chi connectivity index (χ3n) is 2.62. The Hall–Kier alpha value is -0.0400. The van der Waals surface area contributed by atoms with E-state index in [-0.39, 0.29) is 0 Å². The van der Waals surface area contributed by atoms with Crippen LogP contribution in [0.2, 0.25) is 0 Å². The van der Waals surface area contributed by atoms with Crippen LogP contribution in [0.1, 0.15) is 47.5 Å². The molecular formula is C12H27N. The summed E-state index contributed by atoms with van der Waals surface area (Å²) >= 11 is 0. The summed E-state index contributed by atoms with van der Waals surface area (Å²) in [5.41, 5.74) is 0. The molecule has 0 radical (unpaired) electrons. The molecule has 0 heterocycles. The average molecular weight is 185 g/mol. The van der Waals surface area contributed by atoms with Crippen molar-refractivity contribution in [2.24, 2.45) is 11.8 Å². The first kappa shape index (κ1) is 13.0. The van der Waals surface area contributed by atoms with E-state index in [1.165, 1.54) is 19.4 Å². The summed E-state index contributed by atoms with van der Waals surface area (Å²) in [5.74, 6) is 1.64. The van der Waals surface area contributed by atoms with Crippen molar-refractivity contribution in [2.45, 2.75) is 53.5 Å². The predicted molar refractivity (Wildman–Crippen MR) is 61.0 cm³/mol. The maximum Gasteiger partial charge on any atom is 0.00663 e. The predicted octanol–water partition coefficient (Wildman–Crippen LogP) is 3.40. The topological polar surface area (TPSA) is 3.24 Å². The van der Waals surface area contributed by atoms with Gasteiger partial charge in [0.2, 0.25) is 0 Å². The monoisotopic (exact) mass is 185 g/mol. The number of rotatable bonds is 6. The zero-order valence-corrected chi connectivity index (χ0v) is 10.3. The van der Waals surface area contributed by atoms with E-state index in [2.05, 4.69) is 46.6 Å². The van der Waals surface area contributed by atoms with E-state index in [4.69, 9.17) is 0 Å². The molecular weight excluding hydrogens is 158 g/mol. The van der Waals surface area contributed by atoms with Crippen LogP contribution in [0.3, 0.4) is 0 Å². The molecule has 0 amide bonds. The highest BCUT2D eigenvalue weighted by Crippen LogP contribution is 2.11. The molecule has 1 atom stereocenters. The van der Waals surface area contributed by atoms with Crippen LogP contribution in [0.5, 0.6) is 0 Å². The van der Waals surface area contributed by atoms with Crippen LogP contribution in [0.4, 0.5) is 0 Å². The van der Waals surface area contributed by atoms with Gasteiger partial charge in [-0.2, -0.15) is 0 Å². The van der Waals surface area contributed by atoms with Crippen molar-refractivity contribution in [3.8, 4) is 0 Å². The normalized spacial score (nSPS) is 14.5. The van der Waals surface area contributed by atoms with Gasteiger partial charge in [0.25, 0.3) is 0 Å². The average Bonchev–Trinajstić information content (AvgIpc) is 1.98. The van der Waals surface area contributed by atoms with Crippen LogP contribution in [0.15, 0.2) is 0 Å². The highest BCUT2D eigenvalue weighted by Gasteiger charge is 2.10. The fourth-order valence-electron chi connectivity index (χ4n) is 1.54. The molecule has 0 bridgehead atoms. The van der Waals surface area contributed by atoms with Crippen LogP contribution >= 0.6 is 0 Å². The van der Waals surface area contributed by atoms with Gasteiger partial charge in [-0.3, -0.25) is 0 Å². The van der Waals surface area contributed by atoms with Gasteiger partial charge in [-0.25, -0.2) is 0 Å². The number of hydrogen-bond donors (Lipinski definition) is 0. The minimum Gasteiger partial charge on any atom is -0.304 e. The van der Waals surface area contributed by atoms with Crippen molar-refractivity contribution in [1.82, 2.24) is 4.90 Å². The quantitative estimate of drug-likeness (QED) is 0.613. The van der Waals surface area contributed by atoms with Gasteiger partial charge in [-0.1, -0.05) is 27.7 Å². The van der Waals surface area contributed by atoms with E-state index in [0.717, 1.165) is 17.9 Å². The minimum absolute atomic E-state index is 0.735. The number of nitrogens with zero attached hydrogens (tertiary/aromatic N) is 1. The first-order valence-electron chi connectivity index (χ1n) is 5.63. The van der Waals surface area contributed by atoms with Crippen molar-refractivity contribution >= 4 is 0 Å². The summed E-state index contributed by atoms with van der Waals surface area (Å²) in [7, 11) is 2.25. The molecule has 80 valence electrons. The maximum absolute atomic E-state index is 2.49. The second kappa shape index (κ2) is 6.42. The summed E-state index contributed by atoms with van der Waals surface area (Å²) in [6, 6.07) is 0.735. The van der Waals surface area contributed by atoms with E-state index in [9.17, 15) is 0 Å². The van der Waals surface area contributed by atoms with Crippen LogP contribution in [-0.2, 0) is 0 Å². The molecule has 0 aromatic heterocycles. The lowest BCUT2D eigenvalue weighted by Crippen LogP contribution is -2.31. The van der Waals surface area contributed by atoms with Crippen molar-refractivity contribution in [2.75, 3.05) is 13.6 Å². The fourth-order valence-corrected chi connectivity index (χ4v) is 1.54. The van der Waals surface area contributed by atoms with Crippen molar-refractivity contribution in [3.63, 3.8) is 0 Å². The van der Waals surface area contributed by atoms with Gasteiger partial charge in [0.1, 0.15) is 0 Å². The highest BCUT2D eigenvalue weighted by atomic mass is 15.1. The van der Waals surface area contributed by atoms with E-state index < -0.39 is 0 Å². The van der Waals surface area contributed by atoms with Gasteiger partial charge in [0, 0.05) is 6.04 Å². The zero-order chi connectivity index (χ0) is 10.4. The van der Waals surface area contributed by atoms with Gasteiger partial charge in [0.05, 0.1) is 0 Å². The summed E-state index contributed by atoms with van der Waals surface area (Å²) in [5, 5.41) is 0. The van der Waals surface area contributed by atoms with Crippen molar-refractivity contribution < 1.29 is 0 Å². The van der Waals surface area contributed by atoms with Gasteiger partial charge < -0.3 is 4.90 Å². The Labute approximate surface area is 84.5 Å². The summed E-state index contributed by atoms with van der Waals surface area (Å²) in [4.78, 5) is 2.49. The minimum atomic E-state index is 0.735. The lowest BCUT2D eigenvalue weighted by molar-refractivity contribution is 0.217. The van der Waals surface area contributed by atoms with E-state index in [1.54, 1.807) is 0 Å². The second-order valence-corrected chi connectivity index (χ2v) is 5.14. The summed E-state index contributed by atoms with van der Waals surface area (Å²) in [6.07, 6.45) is 2.63. The molecule has 0 N–H and O–H groups in total. The van der Waals surface area contributed by atoms with Gasteiger partial charge in [0.15, 0.2) is 0 Å². The summed E-state index contributed by atoms with van der Waals surface area (Å²) < 4.78 is 0. The Bertz CT molecular complexity index is 118.